The third-order valence-corrected chi connectivity index (χ3v) is 2.24. The Balaban J connectivity index is 2.57. The smallest absolute Gasteiger partial charge is 0.122 e. The van der Waals surface area contributed by atoms with Gasteiger partial charge in [-0.05, 0) is 30.7 Å². The van der Waals surface area contributed by atoms with Crippen molar-refractivity contribution < 1.29 is 9.47 Å². The first-order valence-corrected chi connectivity index (χ1v) is 5.22. The van der Waals surface area contributed by atoms with E-state index in [9.17, 15) is 0 Å². The van der Waals surface area contributed by atoms with Gasteiger partial charge in [-0.25, -0.2) is 0 Å². The van der Waals surface area contributed by atoms with Crippen LogP contribution in [0.2, 0.25) is 0 Å². The van der Waals surface area contributed by atoms with Gasteiger partial charge >= 0.3 is 0 Å². The predicted octanol–water partition coefficient (Wildman–Crippen LogP) is 1.69. The third kappa shape index (κ3) is 3.55. The van der Waals surface area contributed by atoms with Crippen LogP contribution in [0.15, 0.2) is 18.2 Å². The van der Waals surface area contributed by atoms with E-state index in [-0.39, 0.29) is 5.84 Å². The van der Waals surface area contributed by atoms with Crippen LogP contribution in [-0.4, -0.2) is 26.2 Å². The fourth-order valence-electron chi connectivity index (χ4n) is 1.36. The predicted molar refractivity (Wildman–Crippen MR) is 64.2 cm³/mol. The number of methoxy groups -OCH3 is 1. The number of nitrogen functional groups attached to an aromatic ring is 1. The van der Waals surface area contributed by atoms with Crippen LogP contribution in [0.5, 0.6) is 5.75 Å². The van der Waals surface area contributed by atoms with Crippen molar-refractivity contribution in [1.29, 1.82) is 5.41 Å². The van der Waals surface area contributed by atoms with Crippen LogP contribution in [0.4, 0.5) is 0 Å². The van der Waals surface area contributed by atoms with E-state index in [2.05, 4.69) is 0 Å². The normalized spacial score (nSPS) is 10.1. The molecule has 0 unspecified atom stereocenters. The summed E-state index contributed by atoms with van der Waals surface area (Å²) in [5.41, 5.74) is 7.11. The molecule has 0 amide bonds. The molecule has 16 heavy (non-hydrogen) atoms. The Kier molecular flexibility index (Phi) is 4.79. The van der Waals surface area contributed by atoms with Gasteiger partial charge in [-0.1, -0.05) is 0 Å². The second-order valence-electron chi connectivity index (χ2n) is 3.59. The number of ether oxygens (including phenoxy) is 2. The molecule has 1 aromatic rings. The maximum absolute atomic E-state index is 7.32. The van der Waals surface area contributed by atoms with E-state index in [4.69, 9.17) is 20.6 Å². The fraction of sp³-hybridized carbons (Fsp3) is 0.417. The molecule has 1 aromatic carbocycles. The fourth-order valence-corrected chi connectivity index (χ4v) is 1.36. The zero-order valence-electron chi connectivity index (χ0n) is 9.75. The zero-order valence-corrected chi connectivity index (χ0v) is 9.75. The van der Waals surface area contributed by atoms with Gasteiger partial charge < -0.3 is 15.2 Å². The minimum Gasteiger partial charge on any atom is -0.493 e. The van der Waals surface area contributed by atoms with Gasteiger partial charge in [-0.3, -0.25) is 5.41 Å². The van der Waals surface area contributed by atoms with E-state index in [1.54, 1.807) is 13.2 Å². The van der Waals surface area contributed by atoms with Gasteiger partial charge in [-0.15, -0.1) is 0 Å². The lowest BCUT2D eigenvalue weighted by atomic mass is 10.1. The van der Waals surface area contributed by atoms with Crippen molar-refractivity contribution in [2.45, 2.75) is 13.3 Å². The quantitative estimate of drug-likeness (QED) is 0.437. The molecule has 4 heteroatoms. The van der Waals surface area contributed by atoms with Crippen molar-refractivity contribution in [3.63, 3.8) is 0 Å². The lowest BCUT2D eigenvalue weighted by molar-refractivity contribution is 0.172. The molecule has 0 spiro atoms. The summed E-state index contributed by atoms with van der Waals surface area (Å²) in [4.78, 5) is 0. The van der Waals surface area contributed by atoms with Gasteiger partial charge in [0.15, 0.2) is 0 Å². The van der Waals surface area contributed by atoms with Crippen molar-refractivity contribution in [3.05, 3.63) is 29.3 Å². The Morgan fingerprint density at radius 1 is 1.38 bits per heavy atom. The maximum atomic E-state index is 7.32. The van der Waals surface area contributed by atoms with Gasteiger partial charge in [0, 0.05) is 25.7 Å². The maximum Gasteiger partial charge on any atom is 0.122 e. The van der Waals surface area contributed by atoms with Crippen LogP contribution in [0.1, 0.15) is 17.5 Å². The molecule has 0 heterocycles. The number of amidine groups is 1. The minimum absolute atomic E-state index is 0.0778. The second-order valence-corrected chi connectivity index (χ2v) is 3.59. The van der Waals surface area contributed by atoms with Crippen LogP contribution in [-0.2, 0) is 4.74 Å². The van der Waals surface area contributed by atoms with Crippen LogP contribution in [0.25, 0.3) is 0 Å². The summed E-state index contributed by atoms with van der Waals surface area (Å²) < 4.78 is 10.5. The van der Waals surface area contributed by atoms with E-state index in [0.717, 1.165) is 23.3 Å². The Morgan fingerprint density at radius 3 is 2.69 bits per heavy atom. The van der Waals surface area contributed by atoms with Crippen molar-refractivity contribution in [2.75, 3.05) is 20.3 Å². The highest BCUT2D eigenvalue weighted by molar-refractivity contribution is 5.95. The number of hydrogen-bond donors (Lipinski definition) is 2. The summed E-state index contributed by atoms with van der Waals surface area (Å²) in [6.45, 7) is 3.27. The van der Waals surface area contributed by atoms with Crippen molar-refractivity contribution >= 4 is 5.84 Å². The highest BCUT2D eigenvalue weighted by Crippen LogP contribution is 2.19. The van der Waals surface area contributed by atoms with E-state index in [1.807, 2.05) is 19.1 Å². The summed E-state index contributed by atoms with van der Waals surface area (Å²) in [7, 11) is 1.67. The third-order valence-electron chi connectivity index (χ3n) is 2.24. The Bertz CT molecular complexity index is 364. The van der Waals surface area contributed by atoms with Crippen molar-refractivity contribution in [2.24, 2.45) is 5.73 Å². The van der Waals surface area contributed by atoms with Crippen molar-refractivity contribution in [3.8, 4) is 5.75 Å². The topological polar surface area (TPSA) is 68.3 Å². The lowest BCUT2D eigenvalue weighted by Gasteiger charge is -2.10. The molecule has 0 atom stereocenters. The number of benzene rings is 1. The summed E-state index contributed by atoms with van der Waals surface area (Å²) in [6, 6.07) is 5.49. The van der Waals surface area contributed by atoms with Crippen molar-refractivity contribution in [1.82, 2.24) is 0 Å². The largest absolute Gasteiger partial charge is 0.493 e. The van der Waals surface area contributed by atoms with Crippen LogP contribution in [0.3, 0.4) is 0 Å². The monoisotopic (exact) mass is 222 g/mol. The molecule has 0 aliphatic rings. The Morgan fingerprint density at radius 2 is 2.12 bits per heavy atom. The minimum atomic E-state index is 0.0778. The standard InChI is InChI=1S/C12H18N2O2/c1-9-8-10(12(13)14)4-5-11(9)16-7-3-6-15-2/h4-5,8H,3,6-7H2,1-2H3,(H3,13,14). The first-order valence-electron chi connectivity index (χ1n) is 5.22. The van der Waals surface area contributed by atoms with Crippen LogP contribution < -0.4 is 10.5 Å². The molecule has 0 aliphatic heterocycles. The van der Waals surface area contributed by atoms with Crippen LogP contribution >= 0.6 is 0 Å². The molecule has 0 fully saturated rings. The molecule has 3 N–H and O–H groups in total. The van der Waals surface area contributed by atoms with Crippen LogP contribution in [0, 0.1) is 12.3 Å². The molecule has 0 aliphatic carbocycles. The summed E-state index contributed by atoms with van der Waals surface area (Å²) in [5, 5.41) is 7.32. The van der Waals surface area contributed by atoms with Gasteiger partial charge in [0.1, 0.15) is 11.6 Å². The Hall–Kier alpha value is -1.55. The summed E-state index contributed by atoms with van der Waals surface area (Å²) in [6.07, 6.45) is 0.865. The van der Waals surface area contributed by atoms with Gasteiger partial charge in [0.25, 0.3) is 0 Å². The SMILES string of the molecule is COCCCOc1ccc(C(=N)N)cc1C. The molecule has 0 radical (unpaired) electrons. The Labute approximate surface area is 95.9 Å². The average Bonchev–Trinajstić information content (AvgIpc) is 2.26. The average molecular weight is 222 g/mol. The molecule has 0 saturated carbocycles. The summed E-state index contributed by atoms with van der Waals surface area (Å²) >= 11 is 0. The van der Waals surface area contributed by atoms with E-state index in [1.165, 1.54) is 0 Å². The highest BCUT2D eigenvalue weighted by atomic mass is 16.5. The van der Waals surface area contributed by atoms with Gasteiger partial charge in [-0.2, -0.15) is 0 Å². The zero-order chi connectivity index (χ0) is 12.0. The van der Waals surface area contributed by atoms with E-state index in [0.29, 0.717) is 13.2 Å². The number of rotatable bonds is 6. The van der Waals surface area contributed by atoms with Gasteiger partial charge in [0.05, 0.1) is 6.61 Å². The highest BCUT2D eigenvalue weighted by Gasteiger charge is 2.02. The number of nitrogens with two attached hydrogens (primary N) is 1. The number of hydrogen-bond acceptors (Lipinski definition) is 3. The molecule has 0 aromatic heterocycles. The second kappa shape index (κ2) is 6.12. The van der Waals surface area contributed by atoms with Gasteiger partial charge in [0.2, 0.25) is 0 Å². The first kappa shape index (κ1) is 12.5. The summed E-state index contributed by atoms with van der Waals surface area (Å²) in [5.74, 6) is 0.912. The van der Waals surface area contributed by atoms with E-state index < -0.39 is 0 Å². The molecule has 1 rings (SSSR count). The molecule has 88 valence electrons. The number of nitrogens with one attached hydrogen (secondary N) is 1. The van der Waals surface area contributed by atoms with E-state index >= 15 is 0 Å². The number of aryl methyl sites for hydroxylation is 1. The molecule has 0 saturated heterocycles. The lowest BCUT2D eigenvalue weighted by Crippen LogP contribution is -2.11. The first-order chi connectivity index (χ1) is 7.65. The molecular weight excluding hydrogens is 204 g/mol. The molecular formula is C12H18N2O2. The molecule has 0 bridgehead atoms. The molecule has 4 nitrogen and oxygen atoms in total.